The van der Waals surface area contributed by atoms with Gasteiger partial charge in [-0.2, -0.15) is 0 Å². The van der Waals surface area contributed by atoms with Gasteiger partial charge in [0.1, 0.15) is 15.1 Å². The van der Waals surface area contributed by atoms with Crippen molar-refractivity contribution < 1.29 is 9.52 Å². The second-order valence-electron chi connectivity index (χ2n) is 3.72. The van der Waals surface area contributed by atoms with Crippen LogP contribution < -0.4 is 5.38 Å². The molecule has 0 aromatic carbocycles. The van der Waals surface area contributed by atoms with Gasteiger partial charge in [-0.25, -0.2) is 0 Å². The van der Waals surface area contributed by atoms with Crippen LogP contribution in [0.4, 0.5) is 0 Å². The summed E-state index contributed by atoms with van der Waals surface area (Å²) in [6.07, 6.45) is 4.72. The summed E-state index contributed by atoms with van der Waals surface area (Å²) in [4.78, 5) is 0. The first-order chi connectivity index (χ1) is 6.16. The van der Waals surface area contributed by atoms with Gasteiger partial charge < -0.3 is 9.52 Å². The van der Waals surface area contributed by atoms with Crippen molar-refractivity contribution in [3.63, 3.8) is 0 Å². The molecule has 1 heterocycles. The van der Waals surface area contributed by atoms with Crippen LogP contribution in [0.15, 0.2) is 10.7 Å². The Bertz CT molecular complexity index is 266. The highest BCUT2D eigenvalue weighted by Crippen LogP contribution is 2.18. The summed E-state index contributed by atoms with van der Waals surface area (Å²) < 4.78 is 5.37. The molecule has 2 nitrogen and oxygen atoms in total. The lowest BCUT2D eigenvalue weighted by atomic mass is 10.1. The quantitative estimate of drug-likeness (QED) is 0.751. The van der Waals surface area contributed by atoms with Crippen molar-refractivity contribution in [1.82, 2.24) is 0 Å². The van der Waals surface area contributed by atoms with E-state index in [1.54, 1.807) is 0 Å². The molecule has 1 rings (SSSR count). The van der Waals surface area contributed by atoms with Gasteiger partial charge in [0.15, 0.2) is 5.75 Å². The Hall–Kier alpha value is -0.703. The van der Waals surface area contributed by atoms with E-state index < -0.39 is 8.80 Å². The summed E-state index contributed by atoms with van der Waals surface area (Å²) in [5.41, 5.74) is 1.06. The zero-order valence-electron chi connectivity index (χ0n) is 8.63. The first kappa shape index (κ1) is 10.4. The molecule has 0 aliphatic rings. The predicted molar refractivity (Wildman–Crippen MR) is 57.5 cm³/mol. The zero-order valence-corrected chi connectivity index (χ0v) is 9.79. The van der Waals surface area contributed by atoms with E-state index in [4.69, 9.17) is 4.42 Å². The molecule has 0 fully saturated rings. The molecule has 0 bridgehead atoms. The van der Waals surface area contributed by atoms with Crippen molar-refractivity contribution in [3.05, 3.63) is 11.8 Å². The fourth-order valence-electron chi connectivity index (χ4n) is 1.48. The van der Waals surface area contributed by atoms with Gasteiger partial charge in [-0.15, -0.1) is 0 Å². The molecule has 3 heteroatoms. The number of rotatable bonds is 4. The Balaban J connectivity index is 2.82. The van der Waals surface area contributed by atoms with Gasteiger partial charge in [-0.3, -0.25) is 0 Å². The second-order valence-corrected chi connectivity index (χ2v) is 6.56. The van der Waals surface area contributed by atoms with E-state index in [0.29, 0.717) is 5.75 Å². The maximum Gasteiger partial charge on any atom is 0.156 e. The summed E-state index contributed by atoms with van der Waals surface area (Å²) in [6.45, 7) is 6.59. The second kappa shape index (κ2) is 4.51. The highest BCUT2D eigenvalue weighted by atomic mass is 28.3. The summed E-state index contributed by atoms with van der Waals surface area (Å²) in [6, 6.07) is 0. The maximum atomic E-state index is 9.54. The van der Waals surface area contributed by atoms with E-state index in [-0.39, 0.29) is 0 Å². The van der Waals surface area contributed by atoms with Crippen LogP contribution in [0.25, 0.3) is 0 Å². The molecule has 0 radical (unpaired) electrons. The highest BCUT2D eigenvalue weighted by molar-refractivity contribution is 6.70. The molecular formula is C10H18O2Si. The van der Waals surface area contributed by atoms with Gasteiger partial charge in [0.05, 0.1) is 5.38 Å². The summed E-state index contributed by atoms with van der Waals surface area (Å²) in [7, 11) is -0.917. The molecule has 1 N–H and O–H groups in total. The molecule has 1 aromatic heterocycles. The molecule has 0 aliphatic heterocycles. The monoisotopic (exact) mass is 198 g/mol. The van der Waals surface area contributed by atoms with Gasteiger partial charge in [-0.1, -0.05) is 26.4 Å². The Labute approximate surface area is 81.2 Å². The normalized spacial score (nSPS) is 11.1. The zero-order chi connectivity index (χ0) is 9.84. The average molecular weight is 198 g/mol. The van der Waals surface area contributed by atoms with Gasteiger partial charge in [0, 0.05) is 5.56 Å². The van der Waals surface area contributed by atoms with Gasteiger partial charge in [0.25, 0.3) is 0 Å². The summed E-state index contributed by atoms with van der Waals surface area (Å²) in [5.74, 6) is 0.352. The first-order valence-electron chi connectivity index (χ1n) is 4.96. The Morgan fingerprint density at radius 2 is 2.15 bits per heavy atom. The van der Waals surface area contributed by atoms with Crippen LogP contribution in [-0.4, -0.2) is 13.9 Å². The van der Waals surface area contributed by atoms with E-state index in [1.165, 1.54) is 6.26 Å². The van der Waals surface area contributed by atoms with Crippen LogP contribution in [0, 0.1) is 0 Å². The molecule has 0 saturated carbocycles. The molecule has 74 valence electrons. The van der Waals surface area contributed by atoms with E-state index in [0.717, 1.165) is 30.2 Å². The predicted octanol–water partition coefficient (Wildman–Crippen LogP) is 2.02. The van der Waals surface area contributed by atoms with Crippen molar-refractivity contribution in [2.75, 3.05) is 0 Å². The number of hydrogen-bond acceptors (Lipinski definition) is 2. The van der Waals surface area contributed by atoms with Gasteiger partial charge in [0.2, 0.25) is 0 Å². The number of aromatic hydroxyl groups is 1. The van der Waals surface area contributed by atoms with E-state index in [2.05, 4.69) is 20.0 Å². The van der Waals surface area contributed by atoms with E-state index in [1.807, 2.05) is 0 Å². The molecule has 1 aromatic rings. The van der Waals surface area contributed by atoms with Crippen LogP contribution >= 0.6 is 0 Å². The smallest absolute Gasteiger partial charge is 0.156 e. The van der Waals surface area contributed by atoms with Crippen LogP contribution in [0.1, 0.15) is 25.3 Å². The highest BCUT2D eigenvalue weighted by Gasteiger charge is 2.15. The number of furan rings is 1. The molecule has 0 unspecified atom stereocenters. The Morgan fingerprint density at radius 1 is 1.46 bits per heavy atom. The first-order valence-corrected chi connectivity index (χ1v) is 7.84. The SMILES string of the molecule is CCCCc1c(O)coc1[SiH](C)C. The van der Waals surface area contributed by atoms with Crippen LogP contribution in [0.3, 0.4) is 0 Å². The molecule has 0 atom stereocenters. The third kappa shape index (κ3) is 2.37. The lowest BCUT2D eigenvalue weighted by Crippen LogP contribution is -2.24. The largest absolute Gasteiger partial charge is 0.504 e. The van der Waals surface area contributed by atoms with Crippen LogP contribution in [0.2, 0.25) is 13.1 Å². The van der Waals surface area contributed by atoms with Crippen molar-refractivity contribution in [2.45, 2.75) is 39.3 Å². The Morgan fingerprint density at radius 3 is 2.69 bits per heavy atom. The molecule has 0 spiro atoms. The minimum atomic E-state index is -0.917. The minimum Gasteiger partial charge on any atom is -0.504 e. The van der Waals surface area contributed by atoms with Gasteiger partial charge >= 0.3 is 0 Å². The van der Waals surface area contributed by atoms with Crippen molar-refractivity contribution in [3.8, 4) is 5.75 Å². The number of hydrogen-bond donors (Lipinski definition) is 1. The van der Waals surface area contributed by atoms with Gasteiger partial charge in [-0.05, 0) is 12.8 Å². The third-order valence-corrected chi connectivity index (χ3v) is 3.74. The topological polar surface area (TPSA) is 33.4 Å². The van der Waals surface area contributed by atoms with Crippen LogP contribution in [0.5, 0.6) is 5.75 Å². The summed E-state index contributed by atoms with van der Waals surface area (Å²) >= 11 is 0. The van der Waals surface area contributed by atoms with Crippen molar-refractivity contribution in [1.29, 1.82) is 0 Å². The molecule has 0 saturated heterocycles. The lowest BCUT2D eigenvalue weighted by Gasteiger charge is -2.03. The maximum absolute atomic E-state index is 9.54. The molecule has 13 heavy (non-hydrogen) atoms. The number of unbranched alkanes of at least 4 members (excludes halogenated alkanes) is 1. The van der Waals surface area contributed by atoms with Crippen molar-refractivity contribution >= 4 is 14.2 Å². The molecule has 0 aliphatic carbocycles. The lowest BCUT2D eigenvalue weighted by molar-refractivity contribution is 0.456. The fraction of sp³-hybridized carbons (Fsp3) is 0.600. The standard InChI is InChI=1S/C10H18O2Si/c1-4-5-6-8-9(11)7-12-10(8)13(2)3/h7,11,13H,4-6H2,1-3H3. The average Bonchev–Trinajstić information content (AvgIpc) is 2.43. The van der Waals surface area contributed by atoms with E-state index >= 15 is 0 Å². The molecule has 0 amide bonds. The summed E-state index contributed by atoms with van der Waals surface area (Å²) in [5, 5.41) is 10.6. The minimum absolute atomic E-state index is 0.352. The Kier molecular flexibility index (Phi) is 3.60. The fourth-order valence-corrected chi connectivity index (χ4v) is 2.81. The molecular weight excluding hydrogens is 180 g/mol. The van der Waals surface area contributed by atoms with Crippen LogP contribution in [-0.2, 0) is 6.42 Å². The van der Waals surface area contributed by atoms with E-state index in [9.17, 15) is 5.11 Å². The van der Waals surface area contributed by atoms with Crippen molar-refractivity contribution in [2.24, 2.45) is 0 Å². The third-order valence-electron chi connectivity index (χ3n) is 2.21.